The zero-order valence-corrected chi connectivity index (χ0v) is 16.8. The molecule has 0 aliphatic carbocycles. The molecule has 5 N–H and O–H groups in total. The molecule has 0 radical (unpaired) electrons. The van der Waals surface area contributed by atoms with Gasteiger partial charge in [-0.1, -0.05) is 24.3 Å². The second-order valence-electron chi connectivity index (χ2n) is 6.92. The van der Waals surface area contributed by atoms with Crippen molar-refractivity contribution in [3.05, 3.63) is 83.7 Å². The molecule has 31 heavy (non-hydrogen) atoms. The number of amides is 2. The van der Waals surface area contributed by atoms with Crippen molar-refractivity contribution in [2.75, 3.05) is 12.0 Å². The molecule has 0 atom stereocenters. The molecule has 3 rings (SSSR count). The van der Waals surface area contributed by atoms with Gasteiger partial charge < -0.3 is 15.5 Å². The van der Waals surface area contributed by atoms with Crippen LogP contribution in [0, 0.1) is 0 Å². The minimum atomic E-state index is -0.808. The van der Waals surface area contributed by atoms with E-state index in [1.807, 2.05) is 36.4 Å². The third kappa shape index (κ3) is 6.46. The van der Waals surface area contributed by atoms with Gasteiger partial charge in [0, 0.05) is 18.9 Å². The van der Waals surface area contributed by atoms with E-state index in [2.05, 4.69) is 21.2 Å². The number of aryl methyl sites for hydroxylation is 2. The molecule has 0 bridgehead atoms. The largest absolute Gasteiger partial charge is 0.504 e. The fourth-order valence-electron chi connectivity index (χ4n) is 2.99. The Hall–Kier alpha value is -4.07. The van der Waals surface area contributed by atoms with Gasteiger partial charge in [0.2, 0.25) is 0 Å². The number of pyridine rings is 1. The highest BCUT2D eigenvalue weighted by Gasteiger charge is 2.13. The Labute approximate surface area is 179 Å². The lowest BCUT2D eigenvalue weighted by Gasteiger charge is -2.13. The minimum Gasteiger partial charge on any atom is -0.504 e. The number of phenols is 2. The van der Waals surface area contributed by atoms with Crippen molar-refractivity contribution in [1.82, 2.24) is 15.7 Å². The lowest BCUT2D eigenvalue weighted by molar-refractivity contribution is -0.138. The third-order valence-corrected chi connectivity index (χ3v) is 4.71. The quantitative estimate of drug-likeness (QED) is 0.216. The van der Waals surface area contributed by atoms with Crippen LogP contribution in [-0.4, -0.2) is 33.6 Å². The van der Waals surface area contributed by atoms with Gasteiger partial charge in [-0.25, -0.2) is 0 Å². The Kier molecular flexibility index (Phi) is 7.42. The van der Waals surface area contributed by atoms with Crippen LogP contribution < -0.4 is 16.2 Å². The molecular weight excluding hydrogens is 396 g/mol. The van der Waals surface area contributed by atoms with Crippen LogP contribution in [0.4, 0.5) is 5.69 Å². The number of carbonyl (C=O) groups is 2. The van der Waals surface area contributed by atoms with E-state index in [-0.39, 0.29) is 18.0 Å². The highest BCUT2D eigenvalue weighted by atomic mass is 16.3. The number of anilines is 1. The number of rotatable bonds is 8. The average Bonchev–Trinajstić information content (AvgIpc) is 2.79. The van der Waals surface area contributed by atoms with Gasteiger partial charge in [-0.3, -0.25) is 25.4 Å². The maximum absolute atomic E-state index is 12.1. The Bertz CT molecular complexity index is 1040. The molecule has 2 aromatic carbocycles. The number of nitrogens with zero attached hydrogens (tertiary/aromatic N) is 1. The summed E-state index contributed by atoms with van der Waals surface area (Å²) in [6, 6.07) is 15.9. The zero-order chi connectivity index (χ0) is 22.1. The van der Waals surface area contributed by atoms with Crippen molar-refractivity contribution in [3.63, 3.8) is 0 Å². The van der Waals surface area contributed by atoms with Gasteiger partial charge in [-0.2, -0.15) is 0 Å². The number of hydrazine groups is 1. The zero-order valence-electron chi connectivity index (χ0n) is 16.8. The maximum Gasteiger partial charge on any atom is 0.327 e. The van der Waals surface area contributed by atoms with Gasteiger partial charge >= 0.3 is 11.8 Å². The van der Waals surface area contributed by atoms with Gasteiger partial charge in [0.1, 0.15) is 0 Å². The second-order valence-corrected chi connectivity index (χ2v) is 6.92. The molecule has 0 spiro atoms. The Morgan fingerprint density at radius 2 is 1.58 bits per heavy atom. The molecule has 0 saturated carbocycles. The maximum atomic E-state index is 12.1. The van der Waals surface area contributed by atoms with E-state index in [1.165, 1.54) is 12.1 Å². The topological polar surface area (TPSA) is 124 Å². The standard InChI is InChI=1S/C23H24N4O4/c28-20-8-6-17(15-21(20)29)11-14-25-22(30)23(31)27-26-19-4-2-1-3-18(19)7-5-16-9-12-24-13-10-16/h1-4,6,8-10,12-13,15,26,28-29H,5,7,11,14H2,(H,25,30)(H,27,31). The lowest BCUT2D eigenvalue weighted by atomic mass is 10.0. The van der Waals surface area contributed by atoms with Gasteiger partial charge in [0.15, 0.2) is 11.5 Å². The number of phenolic OH excluding ortho intramolecular Hbond substituents is 2. The molecule has 0 aliphatic rings. The summed E-state index contributed by atoms with van der Waals surface area (Å²) in [5.41, 5.74) is 8.85. The van der Waals surface area contributed by atoms with Crippen molar-refractivity contribution < 1.29 is 19.8 Å². The van der Waals surface area contributed by atoms with Crippen molar-refractivity contribution in [3.8, 4) is 11.5 Å². The van der Waals surface area contributed by atoms with E-state index >= 15 is 0 Å². The Balaban J connectivity index is 1.46. The Morgan fingerprint density at radius 3 is 2.35 bits per heavy atom. The molecule has 1 heterocycles. The van der Waals surface area contributed by atoms with Gasteiger partial charge in [0.05, 0.1) is 5.69 Å². The molecule has 0 saturated heterocycles. The molecular formula is C23H24N4O4. The van der Waals surface area contributed by atoms with Crippen molar-refractivity contribution in [2.24, 2.45) is 0 Å². The number of hydrogen-bond acceptors (Lipinski definition) is 6. The predicted molar refractivity (Wildman–Crippen MR) is 116 cm³/mol. The van der Waals surface area contributed by atoms with E-state index in [4.69, 9.17) is 0 Å². The SMILES string of the molecule is O=C(NCCc1ccc(O)c(O)c1)C(=O)NNc1ccccc1CCc1ccncc1. The van der Waals surface area contributed by atoms with Crippen LogP contribution in [0.3, 0.4) is 0 Å². The molecule has 1 aromatic heterocycles. The van der Waals surface area contributed by atoms with Crippen molar-refractivity contribution in [1.29, 1.82) is 0 Å². The van der Waals surface area contributed by atoms with Crippen LogP contribution >= 0.6 is 0 Å². The first-order valence-electron chi connectivity index (χ1n) is 9.85. The highest BCUT2D eigenvalue weighted by Crippen LogP contribution is 2.24. The summed E-state index contributed by atoms with van der Waals surface area (Å²) in [6.45, 7) is 0.207. The average molecular weight is 420 g/mol. The van der Waals surface area contributed by atoms with Crippen molar-refractivity contribution >= 4 is 17.5 Å². The first-order chi connectivity index (χ1) is 15.0. The van der Waals surface area contributed by atoms with Gasteiger partial charge in [-0.05, 0) is 66.3 Å². The van der Waals surface area contributed by atoms with Crippen molar-refractivity contribution in [2.45, 2.75) is 19.3 Å². The molecule has 3 aromatic rings. The molecule has 0 fully saturated rings. The van der Waals surface area contributed by atoms with Crippen LogP contribution in [0.5, 0.6) is 11.5 Å². The van der Waals surface area contributed by atoms with Gasteiger partial charge in [-0.15, -0.1) is 0 Å². The van der Waals surface area contributed by atoms with E-state index in [0.29, 0.717) is 6.42 Å². The van der Waals surface area contributed by atoms with Crippen LogP contribution in [0.25, 0.3) is 0 Å². The third-order valence-electron chi connectivity index (χ3n) is 4.71. The highest BCUT2D eigenvalue weighted by molar-refractivity contribution is 6.35. The number of benzene rings is 2. The fourth-order valence-corrected chi connectivity index (χ4v) is 2.99. The molecule has 8 heteroatoms. The summed E-state index contributed by atoms with van der Waals surface area (Å²) in [4.78, 5) is 28.1. The number of carbonyl (C=O) groups excluding carboxylic acids is 2. The number of aromatic hydroxyl groups is 2. The molecule has 0 unspecified atom stereocenters. The molecule has 160 valence electrons. The fraction of sp³-hybridized carbons (Fsp3) is 0.174. The summed E-state index contributed by atoms with van der Waals surface area (Å²) < 4.78 is 0. The summed E-state index contributed by atoms with van der Waals surface area (Å²) in [5, 5.41) is 21.3. The summed E-state index contributed by atoms with van der Waals surface area (Å²) in [6.07, 6.45) is 5.49. The van der Waals surface area contributed by atoms with E-state index in [9.17, 15) is 19.8 Å². The summed E-state index contributed by atoms with van der Waals surface area (Å²) >= 11 is 0. The summed E-state index contributed by atoms with van der Waals surface area (Å²) in [7, 11) is 0. The van der Waals surface area contributed by atoms with Gasteiger partial charge in [0.25, 0.3) is 0 Å². The van der Waals surface area contributed by atoms with Crippen LogP contribution in [0.15, 0.2) is 67.0 Å². The number of hydrogen-bond donors (Lipinski definition) is 5. The van der Waals surface area contributed by atoms with Crippen LogP contribution in [0.2, 0.25) is 0 Å². The van der Waals surface area contributed by atoms with E-state index < -0.39 is 11.8 Å². The summed E-state index contributed by atoms with van der Waals surface area (Å²) in [5.74, 6) is -2.02. The van der Waals surface area contributed by atoms with E-state index in [0.717, 1.165) is 35.2 Å². The number of nitrogens with one attached hydrogen (secondary N) is 3. The number of para-hydroxylation sites is 1. The molecule has 2 amide bonds. The van der Waals surface area contributed by atoms with Crippen LogP contribution in [-0.2, 0) is 28.9 Å². The molecule has 8 nitrogen and oxygen atoms in total. The molecule has 0 aliphatic heterocycles. The van der Waals surface area contributed by atoms with Crippen LogP contribution in [0.1, 0.15) is 16.7 Å². The number of aromatic nitrogens is 1. The lowest BCUT2D eigenvalue weighted by Crippen LogP contribution is -2.43. The second kappa shape index (κ2) is 10.6. The van der Waals surface area contributed by atoms with E-state index in [1.54, 1.807) is 18.5 Å². The first-order valence-corrected chi connectivity index (χ1v) is 9.85. The normalized spacial score (nSPS) is 10.3. The monoisotopic (exact) mass is 420 g/mol. The minimum absolute atomic E-state index is 0.207. The predicted octanol–water partition coefficient (Wildman–Crippen LogP) is 2.08. The first kappa shape index (κ1) is 21.6. The Morgan fingerprint density at radius 1 is 0.806 bits per heavy atom. The smallest absolute Gasteiger partial charge is 0.327 e.